The summed E-state index contributed by atoms with van der Waals surface area (Å²) in [5.74, 6) is -1.15. The highest BCUT2D eigenvalue weighted by molar-refractivity contribution is 5.93. The van der Waals surface area contributed by atoms with Gasteiger partial charge in [-0.1, -0.05) is 18.2 Å². The van der Waals surface area contributed by atoms with Crippen molar-refractivity contribution >= 4 is 11.9 Å². The lowest BCUT2D eigenvalue weighted by atomic mass is 9.90. The maximum atomic E-state index is 12.2. The standard InChI is InChI=1S/C16H19N3O3/c1-16(2,15(21)22)8-9-18-14(20)13-10-17-11-19(13)12-6-4-3-5-7-12/h3-7,10-11H,8-9H2,1-2H3,(H,18,20)(H,21,22). The van der Waals surface area contributed by atoms with Gasteiger partial charge < -0.3 is 10.4 Å². The summed E-state index contributed by atoms with van der Waals surface area (Å²) in [6, 6.07) is 9.42. The number of carboxylic acid groups (broad SMARTS) is 1. The number of imidazole rings is 1. The van der Waals surface area contributed by atoms with Crippen LogP contribution in [0.15, 0.2) is 42.9 Å². The second kappa shape index (κ2) is 6.43. The molecule has 116 valence electrons. The number of rotatable bonds is 6. The van der Waals surface area contributed by atoms with Crippen molar-refractivity contribution in [3.8, 4) is 5.69 Å². The van der Waals surface area contributed by atoms with Gasteiger partial charge in [0, 0.05) is 12.2 Å². The van der Waals surface area contributed by atoms with E-state index in [1.54, 1.807) is 24.7 Å². The van der Waals surface area contributed by atoms with Crippen molar-refractivity contribution in [3.63, 3.8) is 0 Å². The van der Waals surface area contributed by atoms with E-state index in [9.17, 15) is 9.59 Å². The number of carboxylic acids is 1. The fourth-order valence-corrected chi connectivity index (χ4v) is 1.94. The smallest absolute Gasteiger partial charge is 0.309 e. The highest BCUT2D eigenvalue weighted by atomic mass is 16.4. The predicted octanol–water partition coefficient (Wildman–Crippen LogP) is 2.10. The van der Waals surface area contributed by atoms with Crippen molar-refractivity contribution in [2.75, 3.05) is 6.54 Å². The second-order valence-corrected chi connectivity index (χ2v) is 5.68. The van der Waals surface area contributed by atoms with Crippen molar-refractivity contribution in [3.05, 3.63) is 48.5 Å². The fraction of sp³-hybridized carbons (Fsp3) is 0.312. The van der Waals surface area contributed by atoms with Gasteiger partial charge in [-0.2, -0.15) is 0 Å². The van der Waals surface area contributed by atoms with Gasteiger partial charge in [-0.15, -0.1) is 0 Å². The Morgan fingerprint density at radius 1 is 1.27 bits per heavy atom. The van der Waals surface area contributed by atoms with Crippen LogP contribution in [0.3, 0.4) is 0 Å². The zero-order valence-corrected chi connectivity index (χ0v) is 12.6. The van der Waals surface area contributed by atoms with Crippen molar-refractivity contribution < 1.29 is 14.7 Å². The third-order valence-corrected chi connectivity index (χ3v) is 3.52. The largest absolute Gasteiger partial charge is 0.481 e. The molecule has 6 heteroatoms. The summed E-state index contributed by atoms with van der Waals surface area (Å²) in [6.07, 6.45) is 3.42. The van der Waals surface area contributed by atoms with Crippen LogP contribution in [0, 0.1) is 5.41 Å². The van der Waals surface area contributed by atoms with E-state index >= 15 is 0 Å². The molecule has 2 rings (SSSR count). The molecule has 0 saturated heterocycles. The first-order chi connectivity index (χ1) is 10.4. The lowest BCUT2D eigenvalue weighted by Gasteiger charge is -2.19. The van der Waals surface area contributed by atoms with E-state index in [1.165, 1.54) is 6.20 Å². The van der Waals surface area contributed by atoms with Crippen LogP contribution in [0.25, 0.3) is 5.69 Å². The Morgan fingerprint density at radius 2 is 1.95 bits per heavy atom. The molecule has 0 fully saturated rings. The van der Waals surface area contributed by atoms with Crippen molar-refractivity contribution in [2.45, 2.75) is 20.3 Å². The number of carbonyl (C=O) groups is 2. The van der Waals surface area contributed by atoms with Crippen LogP contribution < -0.4 is 5.32 Å². The number of nitrogens with one attached hydrogen (secondary N) is 1. The summed E-state index contributed by atoms with van der Waals surface area (Å²) in [5.41, 5.74) is 0.391. The summed E-state index contributed by atoms with van der Waals surface area (Å²) in [6.45, 7) is 3.56. The topological polar surface area (TPSA) is 84.2 Å². The van der Waals surface area contributed by atoms with Gasteiger partial charge >= 0.3 is 5.97 Å². The van der Waals surface area contributed by atoms with Crippen molar-refractivity contribution in [2.24, 2.45) is 5.41 Å². The summed E-state index contributed by atoms with van der Waals surface area (Å²) < 4.78 is 1.69. The maximum Gasteiger partial charge on any atom is 0.309 e. The number of aliphatic carboxylic acids is 1. The van der Waals surface area contributed by atoms with Crippen LogP contribution >= 0.6 is 0 Å². The highest BCUT2D eigenvalue weighted by Gasteiger charge is 2.26. The molecule has 1 aromatic carbocycles. The number of nitrogens with zero attached hydrogens (tertiary/aromatic N) is 2. The number of amides is 1. The number of aromatic nitrogens is 2. The molecule has 1 amide bonds. The molecular formula is C16H19N3O3. The summed E-state index contributed by atoms with van der Waals surface area (Å²) >= 11 is 0. The van der Waals surface area contributed by atoms with Crippen molar-refractivity contribution in [1.29, 1.82) is 0 Å². The number of hydrogen-bond donors (Lipinski definition) is 2. The molecule has 6 nitrogen and oxygen atoms in total. The van der Waals surface area contributed by atoms with Gasteiger partial charge in [-0.3, -0.25) is 14.2 Å². The first-order valence-corrected chi connectivity index (χ1v) is 7.01. The molecule has 0 saturated carbocycles. The van der Waals surface area contributed by atoms with E-state index in [4.69, 9.17) is 5.11 Å². The zero-order valence-electron chi connectivity index (χ0n) is 12.6. The number of carbonyl (C=O) groups excluding carboxylic acids is 1. The molecule has 0 bridgehead atoms. The van der Waals surface area contributed by atoms with Crippen LogP contribution in [0.2, 0.25) is 0 Å². The molecule has 0 aliphatic heterocycles. The van der Waals surface area contributed by atoms with Gasteiger partial charge in [0.25, 0.3) is 5.91 Å². The predicted molar refractivity (Wildman–Crippen MR) is 81.9 cm³/mol. The molecule has 1 heterocycles. The summed E-state index contributed by atoms with van der Waals surface area (Å²) in [7, 11) is 0. The first kappa shape index (κ1) is 15.8. The Labute approximate surface area is 128 Å². The number of hydrogen-bond acceptors (Lipinski definition) is 3. The molecule has 0 aliphatic rings. The van der Waals surface area contributed by atoms with Gasteiger partial charge in [0.2, 0.25) is 0 Å². The molecule has 0 aliphatic carbocycles. The quantitative estimate of drug-likeness (QED) is 0.855. The molecule has 2 aromatic rings. The van der Waals surface area contributed by atoms with E-state index in [2.05, 4.69) is 10.3 Å². The van der Waals surface area contributed by atoms with Gasteiger partial charge in [-0.25, -0.2) is 4.98 Å². The Balaban J connectivity index is 2.03. The van der Waals surface area contributed by atoms with E-state index in [0.29, 0.717) is 12.1 Å². The Kier molecular flexibility index (Phi) is 4.60. The molecule has 2 N–H and O–H groups in total. The van der Waals surface area contributed by atoms with Gasteiger partial charge in [0.05, 0.1) is 17.9 Å². The molecule has 0 unspecified atom stereocenters. The fourth-order valence-electron chi connectivity index (χ4n) is 1.94. The van der Waals surface area contributed by atoms with Gasteiger partial charge in [0.15, 0.2) is 0 Å². The van der Waals surface area contributed by atoms with E-state index in [0.717, 1.165) is 5.69 Å². The normalized spacial score (nSPS) is 11.2. The molecule has 0 atom stereocenters. The molecule has 22 heavy (non-hydrogen) atoms. The van der Waals surface area contributed by atoms with Crippen LogP contribution in [-0.4, -0.2) is 33.1 Å². The number of para-hydroxylation sites is 1. The minimum absolute atomic E-state index is 0.275. The van der Waals surface area contributed by atoms with Crippen LogP contribution in [0.5, 0.6) is 0 Å². The lowest BCUT2D eigenvalue weighted by Crippen LogP contribution is -2.32. The minimum atomic E-state index is -0.879. The maximum absolute atomic E-state index is 12.2. The second-order valence-electron chi connectivity index (χ2n) is 5.68. The average molecular weight is 301 g/mol. The Morgan fingerprint density at radius 3 is 2.59 bits per heavy atom. The SMILES string of the molecule is CC(C)(CCNC(=O)c1cncn1-c1ccccc1)C(=O)O. The molecule has 0 spiro atoms. The van der Waals surface area contributed by atoms with Gasteiger partial charge in [0.1, 0.15) is 5.69 Å². The Hall–Kier alpha value is -2.63. The van der Waals surface area contributed by atoms with Crippen LogP contribution in [-0.2, 0) is 4.79 Å². The third kappa shape index (κ3) is 3.52. The Bertz CT molecular complexity index is 662. The summed E-state index contributed by atoms with van der Waals surface area (Å²) in [5, 5.41) is 11.8. The van der Waals surface area contributed by atoms with Crippen LogP contribution in [0.4, 0.5) is 0 Å². The number of benzene rings is 1. The average Bonchev–Trinajstić information content (AvgIpc) is 2.97. The van der Waals surface area contributed by atoms with Crippen LogP contribution in [0.1, 0.15) is 30.8 Å². The van der Waals surface area contributed by atoms with E-state index in [-0.39, 0.29) is 12.5 Å². The van der Waals surface area contributed by atoms with E-state index in [1.807, 2.05) is 30.3 Å². The lowest BCUT2D eigenvalue weighted by molar-refractivity contribution is -0.147. The molecule has 1 aromatic heterocycles. The zero-order chi connectivity index (χ0) is 16.2. The van der Waals surface area contributed by atoms with Crippen molar-refractivity contribution in [1.82, 2.24) is 14.9 Å². The third-order valence-electron chi connectivity index (χ3n) is 3.52. The molecule has 0 radical (unpaired) electrons. The van der Waals surface area contributed by atoms with E-state index < -0.39 is 11.4 Å². The monoisotopic (exact) mass is 301 g/mol. The van der Waals surface area contributed by atoms with Gasteiger partial charge in [-0.05, 0) is 32.4 Å². The first-order valence-electron chi connectivity index (χ1n) is 7.01. The minimum Gasteiger partial charge on any atom is -0.481 e. The highest BCUT2D eigenvalue weighted by Crippen LogP contribution is 2.19. The molecular weight excluding hydrogens is 282 g/mol. The summed E-state index contributed by atoms with van der Waals surface area (Å²) in [4.78, 5) is 27.3.